The van der Waals surface area contributed by atoms with Gasteiger partial charge in [0.1, 0.15) is 6.04 Å². The van der Waals surface area contributed by atoms with E-state index in [0.29, 0.717) is 18.5 Å². The second-order valence-electron chi connectivity index (χ2n) is 7.28. The molecule has 0 spiro atoms. The SMILES string of the molecule is Cc1ccc([C@@H]([NH2+]CC(=O)N[C@@H]2CCCC[C@@H]2C)c2cccs2)cc1. The Balaban J connectivity index is 1.62. The zero-order valence-corrected chi connectivity index (χ0v) is 16.0. The third kappa shape index (κ3) is 4.93. The van der Waals surface area contributed by atoms with E-state index in [0.717, 1.165) is 6.42 Å². The molecule has 1 aromatic heterocycles. The van der Waals surface area contributed by atoms with Gasteiger partial charge in [-0.25, -0.2) is 0 Å². The molecule has 1 heterocycles. The summed E-state index contributed by atoms with van der Waals surface area (Å²) in [6.45, 7) is 4.83. The molecule has 1 aliphatic carbocycles. The average molecular weight is 358 g/mol. The molecule has 0 unspecified atom stereocenters. The summed E-state index contributed by atoms with van der Waals surface area (Å²) in [7, 11) is 0. The number of carbonyl (C=O) groups is 1. The lowest BCUT2D eigenvalue weighted by Crippen LogP contribution is -2.87. The van der Waals surface area contributed by atoms with Crippen molar-refractivity contribution >= 4 is 17.2 Å². The molecule has 3 nitrogen and oxygen atoms in total. The van der Waals surface area contributed by atoms with E-state index in [2.05, 4.69) is 66.3 Å². The second kappa shape index (κ2) is 8.63. The van der Waals surface area contributed by atoms with Crippen molar-refractivity contribution in [3.8, 4) is 0 Å². The molecule has 25 heavy (non-hydrogen) atoms. The number of amides is 1. The Morgan fingerprint density at radius 2 is 2.00 bits per heavy atom. The highest BCUT2D eigenvalue weighted by Gasteiger charge is 2.25. The molecule has 1 aliphatic rings. The minimum Gasteiger partial charge on any atom is -0.348 e. The fraction of sp³-hybridized carbons (Fsp3) is 0.476. The van der Waals surface area contributed by atoms with Crippen LogP contribution in [0.1, 0.15) is 54.7 Å². The fourth-order valence-corrected chi connectivity index (χ4v) is 4.53. The van der Waals surface area contributed by atoms with Gasteiger partial charge in [-0.2, -0.15) is 0 Å². The monoisotopic (exact) mass is 357 g/mol. The molecule has 4 heteroatoms. The van der Waals surface area contributed by atoms with Crippen LogP contribution in [0.5, 0.6) is 0 Å². The summed E-state index contributed by atoms with van der Waals surface area (Å²) in [5.74, 6) is 0.760. The van der Waals surface area contributed by atoms with Gasteiger partial charge in [0.25, 0.3) is 5.91 Å². The van der Waals surface area contributed by atoms with Gasteiger partial charge in [0.05, 0.1) is 4.88 Å². The van der Waals surface area contributed by atoms with Crippen LogP contribution in [0.3, 0.4) is 0 Å². The molecule has 0 aliphatic heterocycles. The van der Waals surface area contributed by atoms with E-state index in [1.807, 2.05) is 0 Å². The van der Waals surface area contributed by atoms with Crippen molar-refractivity contribution in [1.29, 1.82) is 0 Å². The Morgan fingerprint density at radius 3 is 2.68 bits per heavy atom. The minimum absolute atomic E-state index is 0.160. The van der Waals surface area contributed by atoms with Crippen molar-refractivity contribution in [3.63, 3.8) is 0 Å². The summed E-state index contributed by atoms with van der Waals surface area (Å²) in [6, 6.07) is 13.4. The Hall–Kier alpha value is -1.65. The van der Waals surface area contributed by atoms with E-state index in [1.165, 1.54) is 35.3 Å². The van der Waals surface area contributed by atoms with Gasteiger partial charge in [-0.05, 0) is 37.1 Å². The van der Waals surface area contributed by atoms with Crippen molar-refractivity contribution in [3.05, 3.63) is 57.8 Å². The lowest BCUT2D eigenvalue weighted by Gasteiger charge is -2.29. The van der Waals surface area contributed by atoms with Crippen molar-refractivity contribution < 1.29 is 10.1 Å². The maximum atomic E-state index is 12.5. The predicted octanol–water partition coefficient (Wildman–Crippen LogP) is 3.40. The number of rotatable bonds is 6. The Labute approximate surface area is 154 Å². The number of quaternary nitrogens is 1. The van der Waals surface area contributed by atoms with E-state index in [-0.39, 0.29) is 11.9 Å². The van der Waals surface area contributed by atoms with Crippen molar-refractivity contribution in [2.45, 2.75) is 51.6 Å². The van der Waals surface area contributed by atoms with Gasteiger partial charge in [0.15, 0.2) is 6.54 Å². The molecule has 3 N–H and O–H groups in total. The first kappa shape index (κ1) is 18.2. The van der Waals surface area contributed by atoms with Gasteiger partial charge in [0.2, 0.25) is 0 Å². The topological polar surface area (TPSA) is 45.7 Å². The zero-order valence-electron chi connectivity index (χ0n) is 15.2. The van der Waals surface area contributed by atoms with Crippen LogP contribution < -0.4 is 10.6 Å². The van der Waals surface area contributed by atoms with Gasteiger partial charge in [-0.1, -0.05) is 55.7 Å². The molecule has 1 fully saturated rings. The van der Waals surface area contributed by atoms with Crippen LogP contribution in [0, 0.1) is 12.8 Å². The van der Waals surface area contributed by atoms with Crippen LogP contribution in [0.4, 0.5) is 0 Å². The van der Waals surface area contributed by atoms with E-state index >= 15 is 0 Å². The molecule has 3 rings (SSSR count). The zero-order chi connectivity index (χ0) is 17.6. The quantitative estimate of drug-likeness (QED) is 0.818. The first-order valence-electron chi connectivity index (χ1n) is 9.36. The average Bonchev–Trinajstić information content (AvgIpc) is 3.13. The van der Waals surface area contributed by atoms with Crippen molar-refractivity contribution in [2.24, 2.45) is 5.92 Å². The molecule has 2 aromatic rings. The third-order valence-electron chi connectivity index (χ3n) is 5.28. The van der Waals surface area contributed by atoms with Crippen molar-refractivity contribution in [2.75, 3.05) is 6.54 Å². The smallest absolute Gasteiger partial charge is 0.275 e. The van der Waals surface area contributed by atoms with Crippen LogP contribution in [-0.2, 0) is 4.79 Å². The highest BCUT2D eigenvalue weighted by Crippen LogP contribution is 2.24. The van der Waals surface area contributed by atoms with Crippen LogP contribution >= 0.6 is 11.3 Å². The van der Waals surface area contributed by atoms with Gasteiger partial charge in [-0.3, -0.25) is 4.79 Å². The normalized spacial score (nSPS) is 21.7. The first-order valence-corrected chi connectivity index (χ1v) is 10.2. The van der Waals surface area contributed by atoms with E-state index in [4.69, 9.17) is 0 Å². The van der Waals surface area contributed by atoms with Gasteiger partial charge in [-0.15, -0.1) is 11.3 Å². The summed E-state index contributed by atoms with van der Waals surface area (Å²) in [4.78, 5) is 13.8. The number of nitrogens with two attached hydrogens (primary N) is 1. The lowest BCUT2D eigenvalue weighted by atomic mass is 9.86. The molecular weight excluding hydrogens is 328 g/mol. The molecule has 1 aromatic carbocycles. The van der Waals surface area contributed by atoms with Gasteiger partial charge < -0.3 is 10.6 Å². The van der Waals surface area contributed by atoms with E-state index in [1.54, 1.807) is 11.3 Å². The van der Waals surface area contributed by atoms with E-state index in [9.17, 15) is 4.79 Å². The summed E-state index contributed by atoms with van der Waals surface area (Å²) in [6.07, 6.45) is 4.89. The standard InChI is InChI=1S/C21H28N2OS/c1-15-9-11-17(12-10-15)21(19-8-5-13-25-19)22-14-20(24)23-18-7-4-3-6-16(18)2/h5,8-13,16,18,21-22H,3-4,6-7,14H2,1-2H3,(H,23,24)/p+1/t16-,18+,21+/m0/s1. The van der Waals surface area contributed by atoms with Crippen molar-refractivity contribution in [1.82, 2.24) is 5.32 Å². The highest BCUT2D eigenvalue weighted by molar-refractivity contribution is 7.10. The van der Waals surface area contributed by atoms with Crippen LogP contribution in [-0.4, -0.2) is 18.5 Å². The largest absolute Gasteiger partial charge is 0.348 e. The summed E-state index contributed by atoms with van der Waals surface area (Å²) < 4.78 is 0. The number of hydrogen-bond donors (Lipinski definition) is 2. The summed E-state index contributed by atoms with van der Waals surface area (Å²) in [5, 5.41) is 7.53. The maximum absolute atomic E-state index is 12.5. The Bertz CT molecular complexity index is 666. The van der Waals surface area contributed by atoms with E-state index < -0.39 is 0 Å². The summed E-state index contributed by atoms with van der Waals surface area (Å²) in [5.41, 5.74) is 2.52. The maximum Gasteiger partial charge on any atom is 0.275 e. The number of aryl methyl sites for hydroxylation is 1. The van der Waals surface area contributed by atoms with Gasteiger partial charge >= 0.3 is 0 Å². The van der Waals surface area contributed by atoms with Crippen LogP contribution in [0.2, 0.25) is 0 Å². The number of thiophene rings is 1. The number of hydrogen-bond acceptors (Lipinski definition) is 2. The fourth-order valence-electron chi connectivity index (χ4n) is 3.68. The molecule has 134 valence electrons. The molecule has 0 radical (unpaired) electrons. The molecule has 3 atom stereocenters. The minimum atomic E-state index is 0.160. The first-order chi connectivity index (χ1) is 12.1. The molecule has 0 saturated heterocycles. The number of carbonyl (C=O) groups excluding carboxylic acids is 1. The third-order valence-corrected chi connectivity index (χ3v) is 6.24. The number of nitrogens with one attached hydrogen (secondary N) is 1. The predicted molar refractivity (Wildman–Crippen MR) is 104 cm³/mol. The molecule has 0 bridgehead atoms. The van der Waals surface area contributed by atoms with Gasteiger partial charge in [0, 0.05) is 11.6 Å². The Kier molecular flexibility index (Phi) is 6.27. The Morgan fingerprint density at radius 1 is 1.24 bits per heavy atom. The van der Waals surface area contributed by atoms with Crippen LogP contribution in [0.15, 0.2) is 41.8 Å². The van der Waals surface area contributed by atoms with Crippen LogP contribution in [0.25, 0.3) is 0 Å². The number of benzene rings is 1. The summed E-state index contributed by atoms with van der Waals surface area (Å²) >= 11 is 1.75. The lowest BCUT2D eigenvalue weighted by molar-refractivity contribution is -0.676. The molecular formula is C21H29N2OS+. The highest BCUT2D eigenvalue weighted by atomic mass is 32.1. The second-order valence-corrected chi connectivity index (χ2v) is 8.26. The molecule has 1 saturated carbocycles. The molecule has 1 amide bonds.